The van der Waals surface area contributed by atoms with Crippen molar-refractivity contribution in [1.82, 2.24) is 9.97 Å². The van der Waals surface area contributed by atoms with Crippen molar-refractivity contribution in [2.75, 3.05) is 0 Å². The van der Waals surface area contributed by atoms with Gasteiger partial charge in [-0.15, -0.1) is 0 Å². The third kappa shape index (κ3) is 2.47. The molecule has 1 aromatic carbocycles. The van der Waals surface area contributed by atoms with Crippen LogP contribution in [0, 0.1) is 6.92 Å². The van der Waals surface area contributed by atoms with E-state index >= 15 is 0 Å². The zero-order valence-corrected chi connectivity index (χ0v) is 12.2. The van der Waals surface area contributed by atoms with E-state index in [1.807, 2.05) is 25.1 Å². The van der Waals surface area contributed by atoms with Gasteiger partial charge >= 0.3 is 0 Å². The minimum absolute atomic E-state index is 0.606. The van der Waals surface area contributed by atoms with Crippen LogP contribution in [0.1, 0.15) is 29.7 Å². The molecule has 2 nitrogen and oxygen atoms in total. The second kappa shape index (κ2) is 5.10. The highest BCUT2D eigenvalue weighted by molar-refractivity contribution is 6.31. The van der Waals surface area contributed by atoms with Gasteiger partial charge in [-0.25, -0.2) is 9.97 Å². The standard InChI is InChI=1S/C15H14Cl2N2/c1-9-8-10(16)6-7-11(9)15-18-13-5-3-2-4-12(13)14(17)19-15/h6-8H,2-5H2,1H3. The van der Waals surface area contributed by atoms with E-state index in [4.69, 9.17) is 28.2 Å². The van der Waals surface area contributed by atoms with Crippen LogP contribution in [-0.4, -0.2) is 9.97 Å². The van der Waals surface area contributed by atoms with Crippen LogP contribution in [0.2, 0.25) is 10.2 Å². The minimum atomic E-state index is 0.606. The molecule has 1 aromatic heterocycles. The van der Waals surface area contributed by atoms with Crippen LogP contribution in [0.25, 0.3) is 11.4 Å². The van der Waals surface area contributed by atoms with Crippen LogP contribution in [0.5, 0.6) is 0 Å². The first-order chi connectivity index (χ1) is 9.15. The smallest absolute Gasteiger partial charge is 0.161 e. The molecule has 0 fully saturated rings. The summed E-state index contributed by atoms with van der Waals surface area (Å²) < 4.78 is 0. The first-order valence-corrected chi connectivity index (χ1v) is 7.22. The number of hydrogen-bond donors (Lipinski definition) is 0. The summed E-state index contributed by atoms with van der Waals surface area (Å²) in [6.07, 6.45) is 4.35. The molecule has 98 valence electrons. The number of nitrogens with zero attached hydrogens (tertiary/aromatic N) is 2. The second-order valence-corrected chi connectivity index (χ2v) is 5.72. The average Bonchev–Trinajstić information content (AvgIpc) is 2.38. The number of halogens is 2. The Morgan fingerprint density at radius 2 is 1.84 bits per heavy atom. The summed E-state index contributed by atoms with van der Waals surface area (Å²) in [6, 6.07) is 5.74. The molecule has 0 N–H and O–H groups in total. The maximum Gasteiger partial charge on any atom is 0.161 e. The first-order valence-electron chi connectivity index (χ1n) is 6.47. The van der Waals surface area contributed by atoms with Gasteiger partial charge < -0.3 is 0 Å². The monoisotopic (exact) mass is 292 g/mol. The highest BCUT2D eigenvalue weighted by Crippen LogP contribution is 2.30. The Morgan fingerprint density at radius 3 is 2.63 bits per heavy atom. The van der Waals surface area contributed by atoms with Gasteiger partial charge in [-0.1, -0.05) is 23.2 Å². The lowest BCUT2D eigenvalue weighted by Gasteiger charge is -2.17. The molecule has 0 spiro atoms. The van der Waals surface area contributed by atoms with E-state index in [1.165, 1.54) is 12.8 Å². The summed E-state index contributed by atoms with van der Waals surface area (Å²) in [7, 11) is 0. The molecule has 0 saturated heterocycles. The van der Waals surface area contributed by atoms with Crippen molar-refractivity contribution >= 4 is 23.2 Å². The summed E-state index contributed by atoms with van der Waals surface area (Å²) in [5, 5.41) is 1.33. The molecule has 1 heterocycles. The van der Waals surface area contributed by atoms with E-state index in [2.05, 4.69) is 4.98 Å². The van der Waals surface area contributed by atoms with Gasteiger partial charge in [-0.2, -0.15) is 0 Å². The van der Waals surface area contributed by atoms with Gasteiger partial charge in [0.1, 0.15) is 5.15 Å². The third-order valence-corrected chi connectivity index (χ3v) is 4.11. The highest BCUT2D eigenvalue weighted by Gasteiger charge is 2.17. The summed E-state index contributed by atoms with van der Waals surface area (Å²) in [6.45, 7) is 2.01. The Balaban J connectivity index is 2.13. The molecule has 0 amide bonds. The summed E-state index contributed by atoms with van der Waals surface area (Å²) in [4.78, 5) is 9.15. The Kier molecular flexibility index (Phi) is 3.46. The van der Waals surface area contributed by atoms with Crippen molar-refractivity contribution in [3.05, 3.63) is 45.2 Å². The fourth-order valence-corrected chi connectivity index (χ4v) is 3.06. The molecule has 3 rings (SSSR count). The van der Waals surface area contributed by atoms with Crippen LogP contribution < -0.4 is 0 Å². The van der Waals surface area contributed by atoms with Gasteiger partial charge in [-0.3, -0.25) is 0 Å². The number of benzene rings is 1. The fourth-order valence-electron chi connectivity index (χ4n) is 2.55. The predicted molar refractivity (Wildman–Crippen MR) is 78.9 cm³/mol. The quantitative estimate of drug-likeness (QED) is 0.716. The number of rotatable bonds is 1. The van der Waals surface area contributed by atoms with Gasteiger partial charge in [0, 0.05) is 21.8 Å². The number of hydrogen-bond acceptors (Lipinski definition) is 2. The summed E-state index contributed by atoms with van der Waals surface area (Å²) in [5.41, 5.74) is 4.30. The Hall–Kier alpha value is -1.12. The maximum atomic E-state index is 6.30. The van der Waals surface area contributed by atoms with Crippen LogP contribution in [0.3, 0.4) is 0 Å². The van der Waals surface area contributed by atoms with Crippen LogP contribution in [-0.2, 0) is 12.8 Å². The van der Waals surface area contributed by atoms with Crippen molar-refractivity contribution < 1.29 is 0 Å². The van der Waals surface area contributed by atoms with Crippen LogP contribution >= 0.6 is 23.2 Å². The lowest BCUT2D eigenvalue weighted by atomic mass is 9.97. The summed E-state index contributed by atoms with van der Waals surface area (Å²) >= 11 is 12.3. The zero-order valence-electron chi connectivity index (χ0n) is 10.7. The minimum Gasteiger partial charge on any atom is -0.233 e. The normalized spacial score (nSPS) is 14.3. The Bertz CT molecular complexity index is 638. The van der Waals surface area contributed by atoms with Crippen molar-refractivity contribution in [3.63, 3.8) is 0 Å². The first kappa shape index (κ1) is 12.9. The highest BCUT2D eigenvalue weighted by atomic mass is 35.5. The van der Waals surface area contributed by atoms with Gasteiger partial charge in [0.2, 0.25) is 0 Å². The molecular weight excluding hydrogens is 279 g/mol. The van der Waals surface area contributed by atoms with Gasteiger partial charge in [0.25, 0.3) is 0 Å². The van der Waals surface area contributed by atoms with Crippen LogP contribution in [0.4, 0.5) is 0 Å². The van der Waals surface area contributed by atoms with E-state index in [0.29, 0.717) is 11.0 Å². The molecule has 4 heteroatoms. The number of fused-ring (bicyclic) bond motifs is 1. The molecule has 0 saturated carbocycles. The molecule has 19 heavy (non-hydrogen) atoms. The fraction of sp³-hybridized carbons (Fsp3) is 0.333. The van der Waals surface area contributed by atoms with E-state index in [9.17, 15) is 0 Å². The molecule has 2 aromatic rings. The molecule has 0 atom stereocenters. The molecule has 1 aliphatic rings. The van der Waals surface area contributed by atoms with Crippen molar-refractivity contribution in [1.29, 1.82) is 0 Å². The lowest BCUT2D eigenvalue weighted by molar-refractivity contribution is 0.663. The zero-order chi connectivity index (χ0) is 13.4. The second-order valence-electron chi connectivity index (χ2n) is 4.93. The Morgan fingerprint density at radius 1 is 1.05 bits per heavy atom. The SMILES string of the molecule is Cc1cc(Cl)ccc1-c1nc(Cl)c2c(n1)CCCC2. The molecule has 0 unspecified atom stereocenters. The largest absolute Gasteiger partial charge is 0.233 e. The Labute approximate surface area is 122 Å². The maximum absolute atomic E-state index is 6.30. The van der Waals surface area contributed by atoms with Crippen molar-refractivity contribution in [2.45, 2.75) is 32.6 Å². The third-order valence-electron chi connectivity index (χ3n) is 3.56. The van der Waals surface area contributed by atoms with E-state index in [-0.39, 0.29) is 0 Å². The summed E-state index contributed by atoms with van der Waals surface area (Å²) in [5.74, 6) is 0.708. The van der Waals surface area contributed by atoms with Crippen LogP contribution in [0.15, 0.2) is 18.2 Å². The number of aryl methyl sites for hydroxylation is 2. The van der Waals surface area contributed by atoms with Gasteiger partial charge in [0.05, 0.1) is 0 Å². The van der Waals surface area contributed by atoms with Crippen molar-refractivity contribution in [3.8, 4) is 11.4 Å². The van der Waals surface area contributed by atoms with Gasteiger partial charge in [-0.05, 0) is 56.4 Å². The van der Waals surface area contributed by atoms with Gasteiger partial charge in [0.15, 0.2) is 5.82 Å². The molecular formula is C15H14Cl2N2. The van der Waals surface area contributed by atoms with Crippen molar-refractivity contribution in [2.24, 2.45) is 0 Å². The lowest BCUT2D eigenvalue weighted by Crippen LogP contribution is -2.09. The molecule has 0 aliphatic heterocycles. The van der Waals surface area contributed by atoms with E-state index in [0.717, 1.165) is 40.2 Å². The topological polar surface area (TPSA) is 25.8 Å². The molecule has 1 aliphatic carbocycles. The molecule has 0 radical (unpaired) electrons. The van der Waals surface area contributed by atoms with E-state index < -0.39 is 0 Å². The number of aromatic nitrogens is 2. The average molecular weight is 293 g/mol. The predicted octanol–water partition coefficient (Wildman–Crippen LogP) is 4.64. The van der Waals surface area contributed by atoms with E-state index in [1.54, 1.807) is 0 Å². The molecule has 0 bridgehead atoms.